The summed E-state index contributed by atoms with van der Waals surface area (Å²) in [6, 6.07) is 17.3. The summed E-state index contributed by atoms with van der Waals surface area (Å²) in [6.07, 6.45) is 2.54. The summed E-state index contributed by atoms with van der Waals surface area (Å²) in [4.78, 5) is 14.9. The van der Waals surface area contributed by atoms with E-state index in [-0.39, 0.29) is 17.6 Å². The zero-order valence-corrected chi connectivity index (χ0v) is 16.4. The zero-order valence-electron chi connectivity index (χ0n) is 16.4. The van der Waals surface area contributed by atoms with Crippen LogP contribution in [-0.2, 0) is 0 Å². The first kappa shape index (κ1) is 18.9. The van der Waals surface area contributed by atoms with Gasteiger partial charge in [-0.05, 0) is 50.8 Å². The van der Waals surface area contributed by atoms with Crippen LogP contribution >= 0.6 is 0 Å². The molecule has 2 heterocycles. The van der Waals surface area contributed by atoms with E-state index in [4.69, 9.17) is 4.52 Å². The number of hydrogen-bond acceptors (Lipinski definition) is 5. The van der Waals surface area contributed by atoms with Gasteiger partial charge in [0, 0.05) is 17.0 Å². The quantitative estimate of drug-likeness (QED) is 0.504. The number of aromatic amines is 1. The fourth-order valence-electron chi connectivity index (χ4n) is 3.24. The molecular formula is C22H23N5O2. The van der Waals surface area contributed by atoms with Crippen LogP contribution in [0.2, 0.25) is 0 Å². The van der Waals surface area contributed by atoms with E-state index in [0.29, 0.717) is 5.76 Å². The molecule has 0 fully saturated rings. The number of nitrogens with one attached hydrogen (secondary N) is 2. The molecule has 2 aromatic carbocycles. The van der Waals surface area contributed by atoms with E-state index in [1.807, 2.05) is 62.6 Å². The van der Waals surface area contributed by atoms with Crippen molar-refractivity contribution in [1.29, 1.82) is 0 Å². The summed E-state index contributed by atoms with van der Waals surface area (Å²) >= 11 is 0. The lowest BCUT2D eigenvalue weighted by Crippen LogP contribution is -2.31. The molecule has 7 nitrogen and oxygen atoms in total. The van der Waals surface area contributed by atoms with Crippen LogP contribution in [0.5, 0.6) is 0 Å². The number of hydrogen-bond donors (Lipinski definition) is 2. The van der Waals surface area contributed by atoms with Gasteiger partial charge in [-0.15, -0.1) is 0 Å². The van der Waals surface area contributed by atoms with Crippen molar-refractivity contribution in [1.82, 2.24) is 25.6 Å². The van der Waals surface area contributed by atoms with E-state index in [2.05, 4.69) is 25.6 Å². The van der Waals surface area contributed by atoms with Crippen molar-refractivity contribution in [2.45, 2.75) is 12.5 Å². The van der Waals surface area contributed by atoms with Crippen molar-refractivity contribution in [3.63, 3.8) is 0 Å². The molecule has 148 valence electrons. The highest BCUT2D eigenvalue weighted by atomic mass is 16.5. The molecule has 0 saturated carbocycles. The second-order valence-electron chi connectivity index (χ2n) is 7.28. The molecule has 0 aliphatic carbocycles. The molecule has 4 rings (SSSR count). The number of carbonyl (C=O) groups excluding carboxylic acids is 1. The van der Waals surface area contributed by atoms with Crippen LogP contribution in [0, 0.1) is 0 Å². The summed E-state index contributed by atoms with van der Waals surface area (Å²) in [5, 5.41) is 15.0. The topological polar surface area (TPSA) is 87.0 Å². The summed E-state index contributed by atoms with van der Waals surface area (Å²) in [5.74, 6) is 0.291. The number of benzene rings is 2. The Labute approximate surface area is 168 Å². The number of H-pyrrole nitrogens is 1. The van der Waals surface area contributed by atoms with E-state index in [0.717, 1.165) is 35.0 Å². The van der Waals surface area contributed by atoms with Crippen molar-refractivity contribution in [3.05, 3.63) is 72.1 Å². The summed E-state index contributed by atoms with van der Waals surface area (Å²) in [6.45, 7) is 0.856. The minimum Gasteiger partial charge on any atom is -0.355 e. The van der Waals surface area contributed by atoms with Gasteiger partial charge in [0.05, 0.1) is 17.8 Å². The summed E-state index contributed by atoms with van der Waals surface area (Å²) in [5.41, 5.74) is 3.12. The molecule has 2 aromatic heterocycles. The molecule has 0 aliphatic rings. The normalized spacial score (nSPS) is 12.4. The Kier molecular flexibility index (Phi) is 5.39. The highest BCUT2D eigenvalue weighted by Crippen LogP contribution is 2.25. The maximum atomic E-state index is 12.8. The molecule has 0 aliphatic heterocycles. The van der Waals surface area contributed by atoms with Crippen LogP contribution in [0.3, 0.4) is 0 Å². The van der Waals surface area contributed by atoms with Crippen molar-refractivity contribution >= 4 is 16.8 Å². The molecule has 0 spiro atoms. The lowest BCUT2D eigenvalue weighted by molar-refractivity contribution is 0.0923. The molecular weight excluding hydrogens is 366 g/mol. The van der Waals surface area contributed by atoms with Crippen LogP contribution < -0.4 is 5.32 Å². The van der Waals surface area contributed by atoms with Gasteiger partial charge in [0.15, 0.2) is 11.5 Å². The molecule has 0 saturated heterocycles. The Bertz CT molecular complexity index is 1100. The van der Waals surface area contributed by atoms with Gasteiger partial charge < -0.3 is 14.7 Å². The number of amides is 1. The van der Waals surface area contributed by atoms with Gasteiger partial charge >= 0.3 is 0 Å². The predicted molar refractivity (Wildman–Crippen MR) is 111 cm³/mol. The van der Waals surface area contributed by atoms with Crippen LogP contribution in [0.1, 0.15) is 28.5 Å². The maximum absolute atomic E-state index is 12.8. The van der Waals surface area contributed by atoms with Gasteiger partial charge in [0.1, 0.15) is 0 Å². The third kappa shape index (κ3) is 4.35. The zero-order chi connectivity index (χ0) is 20.2. The van der Waals surface area contributed by atoms with Gasteiger partial charge in [-0.25, -0.2) is 0 Å². The fourth-order valence-corrected chi connectivity index (χ4v) is 3.24. The Morgan fingerprint density at radius 1 is 1.17 bits per heavy atom. The average molecular weight is 389 g/mol. The number of nitrogens with zero attached hydrogens (tertiary/aromatic N) is 3. The Morgan fingerprint density at radius 3 is 2.79 bits per heavy atom. The maximum Gasteiger partial charge on any atom is 0.273 e. The Balaban J connectivity index is 1.52. The Hall–Kier alpha value is -3.45. The summed E-state index contributed by atoms with van der Waals surface area (Å²) in [7, 11) is 4.04. The number of aromatic nitrogens is 3. The summed E-state index contributed by atoms with van der Waals surface area (Å²) < 4.78 is 5.43. The monoisotopic (exact) mass is 389 g/mol. The van der Waals surface area contributed by atoms with Crippen molar-refractivity contribution in [2.75, 3.05) is 20.6 Å². The molecule has 29 heavy (non-hydrogen) atoms. The van der Waals surface area contributed by atoms with Gasteiger partial charge in [-0.2, -0.15) is 5.10 Å². The molecule has 1 unspecified atom stereocenters. The van der Waals surface area contributed by atoms with Crippen LogP contribution in [0.4, 0.5) is 0 Å². The molecule has 1 atom stereocenters. The SMILES string of the molecule is CN(C)CCC(NC(=O)c1cc(-c2ccc3[nH]ncc3c2)on1)c1ccccc1. The van der Waals surface area contributed by atoms with E-state index in [1.54, 1.807) is 12.3 Å². The molecule has 2 N–H and O–H groups in total. The van der Waals surface area contributed by atoms with E-state index in [1.165, 1.54) is 0 Å². The van der Waals surface area contributed by atoms with E-state index in [9.17, 15) is 4.79 Å². The smallest absolute Gasteiger partial charge is 0.273 e. The molecule has 0 bridgehead atoms. The van der Waals surface area contributed by atoms with Crippen molar-refractivity contribution < 1.29 is 9.32 Å². The van der Waals surface area contributed by atoms with Crippen molar-refractivity contribution in [3.8, 4) is 11.3 Å². The number of fused-ring (bicyclic) bond motifs is 1. The lowest BCUT2D eigenvalue weighted by Gasteiger charge is -2.20. The van der Waals surface area contributed by atoms with E-state index < -0.39 is 0 Å². The first-order valence-electron chi connectivity index (χ1n) is 9.51. The Morgan fingerprint density at radius 2 is 2.00 bits per heavy atom. The van der Waals surface area contributed by atoms with E-state index >= 15 is 0 Å². The second-order valence-corrected chi connectivity index (χ2v) is 7.28. The average Bonchev–Trinajstić information content (AvgIpc) is 3.40. The molecule has 1 amide bonds. The molecule has 4 aromatic rings. The third-order valence-electron chi connectivity index (χ3n) is 4.84. The van der Waals surface area contributed by atoms with Gasteiger partial charge in [0.2, 0.25) is 0 Å². The van der Waals surface area contributed by atoms with Crippen LogP contribution in [0.15, 0.2) is 65.3 Å². The van der Waals surface area contributed by atoms with Crippen LogP contribution in [-0.4, -0.2) is 46.8 Å². The first-order chi connectivity index (χ1) is 14.1. The third-order valence-corrected chi connectivity index (χ3v) is 4.84. The highest BCUT2D eigenvalue weighted by molar-refractivity contribution is 5.93. The van der Waals surface area contributed by atoms with Crippen LogP contribution in [0.25, 0.3) is 22.2 Å². The van der Waals surface area contributed by atoms with Crippen molar-refractivity contribution in [2.24, 2.45) is 0 Å². The molecule has 0 radical (unpaired) electrons. The molecule has 7 heteroatoms. The lowest BCUT2D eigenvalue weighted by atomic mass is 10.0. The number of carbonyl (C=O) groups is 1. The highest BCUT2D eigenvalue weighted by Gasteiger charge is 2.19. The second kappa shape index (κ2) is 8.28. The largest absolute Gasteiger partial charge is 0.355 e. The predicted octanol–water partition coefficient (Wildman–Crippen LogP) is 3.64. The standard InChI is InChI=1S/C22H23N5O2/c1-27(2)11-10-18(15-6-4-3-5-7-15)24-22(28)20-13-21(29-26-20)16-8-9-19-17(12-16)14-23-25-19/h3-9,12-14,18H,10-11H2,1-2H3,(H,23,25)(H,24,28). The van der Waals surface area contributed by atoms with Gasteiger partial charge in [-0.1, -0.05) is 35.5 Å². The first-order valence-corrected chi connectivity index (χ1v) is 9.51. The minimum atomic E-state index is -0.253. The number of rotatable bonds is 7. The fraction of sp³-hybridized carbons (Fsp3) is 0.227. The van der Waals surface area contributed by atoms with Gasteiger partial charge in [0.25, 0.3) is 5.91 Å². The van der Waals surface area contributed by atoms with Gasteiger partial charge in [-0.3, -0.25) is 9.89 Å². The minimum absolute atomic E-state index is 0.103.